The third-order valence-corrected chi connectivity index (χ3v) is 4.62. The molecule has 0 saturated carbocycles. The van der Waals surface area contributed by atoms with Crippen molar-refractivity contribution in [3.8, 4) is 17.1 Å². The van der Waals surface area contributed by atoms with Gasteiger partial charge in [-0.3, -0.25) is 0 Å². The Balaban J connectivity index is 1.61. The van der Waals surface area contributed by atoms with Gasteiger partial charge in [-0.2, -0.15) is 9.97 Å². The molecule has 8 heteroatoms. The SMILES string of the molecule is CN1CCC[C@@H](Nc2ccn3nc(-c4ccc(Cl)cc4O)nc3n2)C1. The molecule has 1 atom stereocenters. The minimum absolute atomic E-state index is 0.0481. The number of likely N-dealkylation sites (N-methyl/N-ethyl adjacent to an activating group) is 1. The number of nitrogens with zero attached hydrogens (tertiary/aromatic N) is 5. The number of hydrogen-bond acceptors (Lipinski definition) is 6. The maximum Gasteiger partial charge on any atom is 0.254 e. The van der Waals surface area contributed by atoms with Crippen LogP contribution in [0.2, 0.25) is 5.02 Å². The summed E-state index contributed by atoms with van der Waals surface area (Å²) < 4.78 is 1.60. The Kier molecular flexibility index (Phi) is 4.19. The fraction of sp³-hybridized carbons (Fsp3) is 0.353. The summed E-state index contributed by atoms with van der Waals surface area (Å²) in [5.74, 6) is 1.73. The second-order valence-corrected chi connectivity index (χ2v) is 6.84. The molecule has 1 aliphatic heterocycles. The summed E-state index contributed by atoms with van der Waals surface area (Å²) in [5.41, 5.74) is 0.526. The first-order chi connectivity index (χ1) is 12.1. The second-order valence-electron chi connectivity index (χ2n) is 6.40. The lowest BCUT2D eigenvalue weighted by Gasteiger charge is -2.30. The van der Waals surface area contributed by atoms with Gasteiger partial charge in [-0.1, -0.05) is 11.6 Å². The number of halogens is 1. The van der Waals surface area contributed by atoms with Crippen molar-refractivity contribution < 1.29 is 5.11 Å². The molecule has 0 unspecified atom stereocenters. The number of rotatable bonds is 3. The van der Waals surface area contributed by atoms with Crippen molar-refractivity contribution in [3.05, 3.63) is 35.5 Å². The van der Waals surface area contributed by atoms with Crippen LogP contribution in [0.4, 0.5) is 5.82 Å². The van der Waals surface area contributed by atoms with Crippen molar-refractivity contribution in [1.82, 2.24) is 24.5 Å². The van der Waals surface area contributed by atoms with Crippen LogP contribution in [0.5, 0.6) is 5.75 Å². The van der Waals surface area contributed by atoms with Crippen molar-refractivity contribution in [1.29, 1.82) is 0 Å². The lowest BCUT2D eigenvalue weighted by atomic mass is 10.1. The Hall–Kier alpha value is -2.38. The van der Waals surface area contributed by atoms with Gasteiger partial charge in [0.25, 0.3) is 5.78 Å². The van der Waals surface area contributed by atoms with E-state index in [1.165, 1.54) is 12.5 Å². The number of likely N-dealkylation sites (tertiary alicyclic amines) is 1. The van der Waals surface area contributed by atoms with Gasteiger partial charge in [-0.25, -0.2) is 4.52 Å². The maximum atomic E-state index is 10.1. The lowest BCUT2D eigenvalue weighted by Crippen LogP contribution is -2.39. The van der Waals surface area contributed by atoms with Gasteiger partial charge < -0.3 is 15.3 Å². The zero-order chi connectivity index (χ0) is 17.4. The van der Waals surface area contributed by atoms with Crippen LogP contribution in [0.3, 0.4) is 0 Å². The van der Waals surface area contributed by atoms with Crippen molar-refractivity contribution >= 4 is 23.2 Å². The van der Waals surface area contributed by atoms with E-state index in [0.29, 0.717) is 28.2 Å². The molecule has 1 saturated heterocycles. The summed E-state index contributed by atoms with van der Waals surface area (Å²) in [5, 5.41) is 18.4. The van der Waals surface area contributed by atoms with Crippen LogP contribution in [0.15, 0.2) is 30.5 Å². The average Bonchev–Trinajstić information content (AvgIpc) is 2.97. The van der Waals surface area contributed by atoms with E-state index in [9.17, 15) is 5.11 Å². The van der Waals surface area contributed by atoms with Gasteiger partial charge in [0.1, 0.15) is 11.6 Å². The fourth-order valence-electron chi connectivity index (χ4n) is 3.16. The highest BCUT2D eigenvalue weighted by molar-refractivity contribution is 6.30. The third-order valence-electron chi connectivity index (χ3n) is 4.38. The van der Waals surface area contributed by atoms with Crippen LogP contribution < -0.4 is 5.32 Å². The Morgan fingerprint density at radius 1 is 1.28 bits per heavy atom. The first kappa shape index (κ1) is 16.1. The van der Waals surface area contributed by atoms with Crippen LogP contribution >= 0.6 is 11.6 Å². The summed E-state index contributed by atoms with van der Waals surface area (Å²) in [6.07, 6.45) is 4.13. The van der Waals surface area contributed by atoms with Crippen LogP contribution in [-0.2, 0) is 0 Å². The normalized spacial score (nSPS) is 18.6. The van der Waals surface area contributed by atoms with E-state index in [2.05, 4.69) is 32.3 Å². The predicted molar refractivity (Wildman–Crippen MR) is 97.0 cm³/mol. The van der Waals surface area contributed by atoms with E-state index in [-0.39, 0.29) is 5.75 Å². The lowest BCUT2D eigenvalue weighted by molar-refractivity contribution is 0.261. The first-order valence-electron chi connectivity index (χ1n) is 8.26. The van der Waals surface area contributed by atoms with Crippen LogP contribution in [-0.4, -0.2) is 55.8 Å². The number of nitrogens with one attached hydrogen (secondary N) is 1. The van der Waals surface area contributed by atoms with Gasteiger partial charge in [0, 0.05) is 23.8 Å². The Labute approximate surface area is 150 Å². The summed E-state index contributed by atoms with van der Waals surface area (Å²) >= 11 is 5.88. The van der Waals surface area contributed by atoms with Crippen LogP contribution in [0.25, 0.3) is 17.2 Å². The zero-order valence-electron chi connectivity index (χ0n) is 13.9. The number of benzene rings is 1. The van der Waals surface area contributed by atoms with Gasteiger partial charge in [0.2, 0.25) is 0 Å². The molecular formula is C17H19ClN6O. The van der Waals surface area contributed by atoms with Gasteiger partial charge in [0.15, 0.2) is 5.82 Å². The highest BCUT2D eigenvalue weighted by atomic mass is 35.5. The molecule has 0 amide bonds. The Morgan fingerprint density at radius 3 is 2.96 bits per heavy atom. The van der Waals surface area contributed by atoms with E-state index in [1.807, 2.05) is 12.3 Å². The van der Waals surface area contributed by atoms with E-state index in [4.69, 9.17) is 11.6 Å². The van der Waals surface area contributed by atoms with E-state index < -0.39 is 0 Å². The number of phenols is 1. The maximum absolute atomic E-state index is 10.1. The minimum atomic E-state index is 0.0481. The molecule has 0 radical (unpaired) electrons. The molecule has 3 aromatic rings. The molecule has 7 nitrogen and oxygen atoms in total. The monoisotopic (exact) mass is 358 g/mol. The summed E-state index contributed by atoms with van der Waals surface area (Å²) in [4.78, 5) is 11.3. The molecule has 0 bridgehead atoms. The number of aromatic hydroxyl groups is 1. The van der Waals surface area contributed by atoms with Gasteiger partial charge in [-0.15, -0.1) is 5.10 Å². The third kappa shape index (κ3) is 3.38. The van der Waals surface area contributed by atoms with Crippen LogP contribution in [0, 0.1) is 0 Å². The standard InChI is InChI=1S/C17H19ClN6O/c1-23-7-2-3-12(10-23)19-15-6-8-24-17(20-15)21-16(22-24)13-5-4-11(18)9-14(13)25/h4-6,8-9,12,25H,2-3,7,10H2,1H3,(H,19,20,21,22)/t12-/m1/s1. The molecule has 2 N–H and O–H groups in total. The van der Waals surface area contributed by atoms with Gasteiger partial charge >= 0.3 is 0 Å². The first-order valence-corrected chi connectivity index (χ1v) is 8.64. The quantitative estimate of drug-likeness (QED) is 0.749. The fourth-order valence-corrected chi connectivity index (χ4v) is 3.33. The van der Waals surface area contributed by atoms with Crippen molar-refractivity contribution in [3.63, 3.8) is 0 Å². The van der Waals surface area contributed by atoms with E-state index in [1.54, 1.807) is 16.6 Å². The molecule has 25 heavy (non-hydrogen) atoms. The predicted octanol–water partition coefficient (Wildman–Crippen LogP) is 2.66. The summed E-state index contributed by atoms with van der Waals surface area (Å²) in [7, 11) is 2.13. The van der Waals surface area contributed by atoms with Crippen molar-refractivity contribution in [2.24, 2.45) is 0 Å². The highest BCUT2D eigenvalue weighted by Gasteiger charge is 2.18. The number of aromatic nitrogens is 4. The number of phenolic OH excluding ortho intramolecular Hbond substituents is 1. The van der Waals surface area contributed by atoms with Gasteiger partial charge in [-0.05, 0) is 50.7 Å². The largest absolute Gasteiger partial charge is 0.507 e. The molecule has 0 spiro atoms. The van der Waals surface area contributed by atoms with E-state index >= 15 is 0 Å². The highest BCUT2D eigenvalue weighted by Crippen LogP contribution is 2.29. The average molecular weight is 359 g/mol. The van der Waals surface area contributed by atoms with Crippen molar-refractivity contribution in [2.45, 2.75) is 18.9 Å². The van der Waals surface area contributed by atoms with E-state index in [0.717, 1.165) is 25.3 Å². The molecule has 1 fully saturated rings. The van der Waals surface area contributed by atoms with Gasteiger partial charge in [0.05, 0.1) is 5.56 Å². The van der Waals surface area contributed by atoms with Crippen molar-refractivity contribution in [2.75, 3.05) is 25.5 Å². The Morgan fingerprint density at radius 2 is 2.16 bits per heavy atom. The number of piperidine rings is 1. The molecule has 3 heterocycles. The topological polar surface area (TPSA) is 78.6 Å². The molecule has 1 aliphatic rings. The molecule has 0 aliphatic carbocycles. The molecule has 4 rings (SSSR count). The zero-order valence-corrected chi connectivity index (χ0v) is 14.6. The number of hydrogen-bond donors (Lipinski definition) is 2. The smallest absolute Gasteiger partial charge is 0.254 e. The molecule has 2 aromatic heterocycles. The number of anilines is 1. The minimum Gasteiger partial charge on any atom is -0.507 e. The number of fused-ring (bicyclic) bond motifs is 1. The molecule has 1 aromatic carbocycles. The van der Waals surface area contributed by atoms with Crippen LogP contribution in [0.1, 0.15) is 12.8 Å². The molecular weight excluding hydrogens is 340 g/mol. The summed E-state index contributed by atoms with van der Waals surface area (Å²) in [6, 6.07) is 7.15. The Bertz CT molecular complexity index is 911. The molecule has 130 valence electrons. The summed E-state index contributed by atoms with van der Waals surface area (Å²) in [6.45, 7) is 2.15. The second kappa shape index (κ2) is 6.50.